The van der Waals surface area contributed by atoms with E-state index in [0.29, 0.717) is 24.0 Å². The highest BCUT2D eigenvalue weighted by Crippen LogP contribution is 2.52. The third kappa shape index (κ3) is 4.32. The van der Waals surface area contributed by atoms with E-state index in [-0.39, 0.29) is 28.6 Å². The topological polar surface area (TPSA) is 80.7 Å². The van der Waals surface area contributed by atoms with Crippen LogP contribution in [0.2, 0.25) is 0 Å². The number of anilines is 1. The maximum Gasteiger partial charge on any atom is 0.586 e. The molecule has 2 heterocycles. The summed E-state index contributed by atoms with van der Waals surface area (Å²) in [4.78, 5) is 17.6. The summed E-state index contributed by atoms with van der Waals surface area (Å²) >= 11 is 0. The lowest BCUT2D eigenvalue weighted by Crippen LogP contribution is -2.41. The number of aliphatic hydroxyl groups is 1. The Hall–Kier alpha value is -3.80. The van der Waals surface area contributed by atoms with Crippen LogP contribution >= 0.6 is 0 Å². The highest BCUT2D eigenvalue weighted by molar-refractivity contribution is 6.01. The Kier molecular flexibility index (Phi) is 6.05. The molecule has 5 rings (SSSR count). The molecule has 200 valence electrons. The third-order valence-corrected chi connectivity index (χ3v) is 6.74. The van der Waals surface area contributed by atoms with Crippen molar-refractivity contribution in [2.75, 3.05) is 5.32 Å². The van der Waals surface area contributed by atoms with E-state index in [2.05, 4.69) is 19.8 Å². The molecule has 1 saturated carbocycles. The molecule has 3 aromatic rings. The highest BCUT2D eigenvalue weighted by atomic mass is 19.3. The molecule has 0 unspecified atom stereocenters. The number of rotatable bonds is 7. The summed E-state index contributed by atoms with van der Waals surface area (Å²) in [5.41, 5.74) is -3.96. The van der Waals surface area contributed by atoms with Gasteiger partial charge in [0.2, 0.25) is 11.5 Å². The number of ether oxygens (including phenoxy) is 2. The maximum absolute atomic E-state index is 13.4. The van der Waals surface area contributed by atoms with Crippen LogP contribution < -0.4 is 14.8 Å². The minimum Gasteiger partial charge on any atom is -0.395 e. The van der Waals surface area contributed by atoms with Crippen LogP contribution in [0, 0.1) is 6.92 Å². The SMILES string of the molecule is Cc1ccc(NC(=O)C2(c3ccc4c(c3)OC(F)(F)O4)CC2)nc1-c1cccc(C(O)(C(F)F)C(F)F)c1. The number of pyridine rings is 1. The van der Waals surface area contributed by atoms with Crippen LogP contribution in [0.5, 0.6) is 11.5 Å². The van der Waals surface area contributed by atoms with E-state index in [0.717, 1.165) is 12.1 Å². The van der Waals surface area contributed by atoms with Crippen LogP contribution in [0.3, 0.4) is 0 Å². The van der Waals surface area contributed by atoms with Gasteiger partial charge in [0.15, 0.2) is 11.5 Å². The molecule has 12 heteroatoms. The van der Waals surface area contributed by atoms with E-state index < -0.39 is 41.6 Å². The maximum atomic E-state index is 13.4. The molecular weight excluding hydrogens is 518 g/mol. The molecule has 2 aromatic carbocycles. The van der Waals surface area contributed by atoms with E-state index >= 15 is 0 Å². The van der Waals surface area contributed by atoms with Crippen molar-refractivity contribution in [3.63, 3.8) is 0 Å². The fourth-order valence-corrected chi connectivity index (χ4v) is 4.41. The lowest BCUT2D eigenvalue weighted by atomic mass is 9.92. The second kappa shape index (κ2) is 8.90. The predicted molar refractivity (Wildman–Crippen MR) is 123 cm³/mol. The van der Waals surface area contributed by atoms with Crippen LogP contribution in [-0.4, -0.2) is 35.1 Å². The molecule has 1 amide bonds. The number of carbonyl (C=O) groups is 1. The van der Waals surface area contributed by atoms with Gasteiger partial charge in [0.1, 0.15) is 5.82 Å². The number of benzene rings is 2. The van der Waals surface area contributed by atoms with E-state index in [4.69, 9.17) is 0 Å². The van der Waals surface area contributed by atoms with Gasteiger partial charge in [-0.1, -0.05) is 30.3 Å². The van der Waals surface area contributed by atoms with Crippen molar-refractivity contribution < 1.29 is 45.7 Å². The van der Waals surface area contributed by atoms with E-state index in [1.54, 1.807) is 13.0 Å². The first-order valence-corrected chi connectivity index (χ1v) is 11.4. The first-order chi connectivity index (χ1) is 17.9. The predicted octanol–water partition coefficient (Wildman–Crippen LogP) is 5.77. The number of hydrogen-bond donors (Lipinski definition) is 2. The number of hydrogen-bond acceptors (Lipinski definition) is 5. The summed E-state index contributed by atoms with van der Waals surface area (Å²) in [5, 5.41) is 12.7. The summed E-state index contributed by atoms with van der Waals surface area (Å²) < 4.78 is 89.1. The van der Waals surface area contributed by atoms with Crippen molar-refractivity contribution in [2.45, 2.75) is 49.9 Å². The number of amides is 1. The Morgan fingerprint density at radius 3 is 2.34 bits per heavy atom. The molecule has 6 nitrogen and oxygen atoms in total. The van der Waals surface area contributed by atoms with Gasteiger partial charge in [-0.15, -0.1) is 8.78 Å². The van der Waals surface area contributed by atoms with E-state index in [1.807, 2.05) is 0 Å². The average Bonchev–Trinajstić information content (AvgIpc) is 3.61. The molecule has 1 aromatic heterocycles. The quantitative estimate of drug-likeness (QED) is 0.374. The van der Waals surface area contributed by atoms with Crippen LogP contribution in [0.15, 0.2) is 54.6 Å². The van der Waals surface area contributed by atoms with Crippen molar-refractivity contribution in [3.05, 3.63) is 71.3 Å². The summed E-state index contributed by atoms with van der Waals surface area (Å²) in [5.74, 6) is -0.691. The fourth-order valence-electron chi connectivity index (χ4n) is 4.41. The summed E-state index contributed by atoms with van der Waals surface area (Å²) in [6, 6.07) is 11.9. The van der Waals surface area contributed by atoms with Gasteiger partial charge >= 0.3 is 6.29 Å². The van der Waals surface area contributed by atoms with Gasteiger partial charge in [0.05, 0.1) is 11.1 Å². The van der Waals surface area contributed by atoms with Gasteiger partial charge in [-0.05, 0) is 60.7 Å². The Labute approximate surface area is 212 Å². The molecule has 1 fully saturated rings. The Balaban J connectivity index is 1.41. The molecule has 0 atom stereocenters. The molecule has 2 aliphatic rings. The second-order valence-electron chi connectivity index (χ2n) is 9.23. The van der Waals surface area contributed by atoms with E-state index in [9.17, 15) is 36.2 Å². The lowest BCUT2D eigenvalue weighted by molar-refractivity contribution is -0.286. The van der Waals surface area contributed by atoms with Crippen LogP contribution in [0.1, 0.15) is 29.5 Å². The van der Waals surface area contributed by atoms with Crippen molar-refractivity contribution in [3.8, 4) is 22.8 Å². The zero-order valence-electron chi connectivity index (χ0n) is 19.7. The molecule has 0 radical (unpaired) electrons. The molecule has 2 N–H and O–H groups in total. The minimum absolute atomic E-state index is 0.0949. The fraction of sp³-hybridized carbons (Fsp3) is 0.308. The number of halogens is 6. The van der Waals surface area contributed by atoms with Crippen molar-refractivity contribution in [1.82, 2.24) is 4.98 Å². The smallest absolute Gasteiger partial charge is 0.395 e. The summed E-state index contributed by atoms with van der Waals surface area (Å²) in [6.45, 7) is 1.65. The van der Waals surface area contributed by atoms with Gasteiger partial charge in [-0.3, -0.25) is 4.79 Å². The normalized spacial score (nSPS) is 17.1. The second-order valence-corrected chi connectivity index (χ2v) is 9.23. The molecule has 1 aliphatic carbocycles. The standard InChI is InChI=1S/C26H20F6N2O4/c1-13-5-8-19(33-20(13)14-3-2-4-16(11-14)25(36,21(27)28)22(29)30)34-23(35)24(9-10-24)15-6-7-17-18(12-15)38-26(31,32)37-17/h2-8,11-12,21-22,36H,9-10H2,1H3,(H,33,34,35). The molecule has 0 saturated heterocycles. The number of nitrogens with zero attached hydrogens (tertiary/aromatic N) is 1. The molecular formula is C26H20F6N2O4. The lowest BCUT2D eigenvalue weighted by Gasteiger charge is -2.27. The molecule has 38 heavy (non-hydrogen) atoms. The first-order valence-electron chi connectivity index (χ1n) is 11.4. The number of alkyl halides is 6. The van der Waals surface area contributed by atoms with Gasteiger partial charge in [0, 0.05) is 5.56 Å². The zero-order chi connectivity index (χ0) is 27.5. The number of aryl methyl sites for hydroxylation is 1. The average molecular weight is 538 g/mol. The monoisotopic (exact) mass is 538 g/mol. The van der Waals surface area contributed by atoms with Crippen molar-refractivity contribution in [2.24, 2.45) is 0 Å². The third-order valence-electron chi connectivity index (χ3n) is 6.74. The van der Waals surface area contributed by atoms with Crippen LogP contribution in [-0.2, 0) is 15.8 Å². The van der Waals surface area contributed by atoms with Gasteiger partial charge in [-0.25, -0.2) is 22.5 Å². The first kappa shape index (κ1) is 25.8. The summed E-state index contributed by atoms with van der Waals surface area (Å²) in [7, 11) is 0. The minimum atomic E-state index is -3.79. The number of fused-ring (bicyclic) bond motifs is 1. The Bertz CT molecular complexity index is 1400. The van der Waals surface area contributed by atoms with E-state index in [1.165, 1.54) is 36.4 Å². The Morgan fingerprint density at radius 2 is 1.68 bits per heavy atom. The Morgan fingerprint density at radius 1 is 1.00 bits per heavy atom. The van der Waals surface area contributed by atoms with Crippen molar-refractivity contribution >= 4 is 11.7 Å². The largest absolute Gasteiger partial charge is 0.586 e. The van der Waals surface area contributed by atoms with Gasteiger partial charge < -0.3 is 19.9 Å². The number of nitrogens with one attached hydrogen (secondary N) is 1. The highest BCUT2D eigenvalue weighted by Gasteiger charge is 2.53. The summed E-state index contributed by atoms with van der Waals surface area (Å²) in [6.07, 6.45) is -10.4. The molecule has 0 bridgehead atoms. The van der Waals surface area contributed by atoms with Crippen LogP contribution in [0.25, 0.3) is 11.3 Å². The van der Waals surface area contributed by atoms with Gasteiger partial charge in [-0.2, -0.15) is 0 Å². The zero-order valence-corrected chi connectivity index (χ0v) is 19.7. The van der Waals surface area contributed by atoms with Crippen molar-refractivity contribution in [1.29, 1.82) is 0 Å². The molecule has 0 spiro atoms. The number of aromatic nitrogens is 1. The van der Waals surface area contributed by atoms with Crippen LogP contribution in [0.4, 0.5) is 32.2 Å². The number of carbonyl (C=O) groups excluding carboxylic acids is 1. The molecule has 1 aliphatic heterocycles. The van der Waals surface area contributed by atoms with Gasteiger partial charge in [0.25, 0.3) is 12.9 Å².